The third kappa shape index (κ3) is 5.19. The molecule has 0 atom stereocenters. The fraction of sp³-hybridized carbons (Fsp3) is 0.208. The van der Waals surface area contributed by atoms with Crippen LogP contribution >= 0.6 is 0 Å². The summed E-state index contributed by atoms with van der Waals surface area (Å²) in [5.41, 5.74) is 0.184. The standard InChI is InChI=1S/C24H22F3N3O4S/c1-34-18-9-11-19(12-10-18)35(32,33)30-14-4-5-16-15-17(8-13-22(16)30)28-23(31)29-21-7-3-2-6-20(21)24(25,26)27/h2-3,6-13,15H,4-5,14H2,1H3,(H2,28,29,31). The summed E-state index contributed by atoms with van der Waals surface area (Å²) in [5.74, 6) is 0.537. The van der Waals surface area contributed by atoms with Gasteiger partial charge in [0.25, 0.3) is 10.0 Å². The number of methoxy groups -OCH3 is 1. The van der Waals surface area contributed by atoms with Gasteiger partial charge in [-0.25, -0.2) is 13.2 Å². The number of amides is 2. The normalized spacial score (nSPS) is 13.7. The molecule has 7 nitrogen and oxygen atoms in total. The van der Waals surface area contributed by atoms with E-state index in [4.69, 9.17) is 4.74 Å². The molecule has 0 bridgehead atoms. The molecule has 35 heavy (non-hydrogen) atoms. The lowest BCUT2D eigenvalue weighted by molar-refractivity contribution is -0.136. The van der Waals surface area contributed by atoms with E-state index in [-0.39, 0.29) is 10.6 Å². The Hall–Kier alpha value is -3.73. The number of nitrogens with zero attached hydrogens (tertiary/aromatic N) is 1. The zero-order valence-electron chi connectivity index (χ0n) is 18.6. The van der Waals surface area contributed by atoms with Crippen molar-refractivity contribution in [3.63, 3.8) is 0 Å². The minimum atomic E-state index is -4.62. The van der Waals surface area contributed by atoms with Crippen LogP contribution in [0.1, 0.15) is 17.5 Å². The average molecular weight is 506 g/mol. The van der Waals surface area contributed by atoms with Gasteiger partial charge in [-0.2, -0.15) is 13.2 Å². The van der Waals surface area contributed by atoms with Gasteiger partial charge in [-0.1, -0.05) is 12.1 Å². The molecule has 2 amide bonds. The third-order valence-electron chi connectivity index (χ3n) is 5.54. The highest BCUT2D eigenvalue weighted by Gasteiger charge is 2.34. The van der Waals surface area contributed by atoms with Crippen LogP contribution in [0.2, 0.25) is 0 Å². The van der Waals surface area contributed by atoms with Gasteiger partial charge in [0.15, 0.2) is 0 Å². The van der Waals surface area contributed by atoms with Crippen molar-refractivity contribution in [2.45, 2.75) is 23.9 Å². The maximum absolute atomic E-state index is 13.2. The summed E-state index contributed by atoms with van der Waals surface area (Å²) < 4.78 is 72.4. The van der Waals surface area contributed by atoms with Crippen molar-refractivity contribution >= 4 is 33.1 Å². The van der Waals surface area contributed by atoms with Crippen molar-refractivity contribution in [2.24, 2.45) is 0 Å². The summed E-state index contributed by atoms with van der Waals surface area (Å²) >= 11 is 0. The molecule has 0 saturated heterocycles. The van der Waals surface area contributed by atoms with Gasteiger partial charge in [0.2, 0.25) is 0 Å². The van der Waals surface area contributed by atoms with Crippen LogP contribution in [0.15, 0.2) is 71.6 Å². The number of sulfonamides is 1. The molecule has 0 saturated carbocycles. The van der Waals surface area contributed by atoms with E-state index in [9.17, 15) is 26.4 Å². The predicted molar refractivity (Wildman–Crippen MR) is 126 cm³/mol. The van der Waals surface area contributed by atoms with Gasteiger partial charge in [-0.15, -0.1) is 0 Å². The number of halogens is 3. The minimum Gasteiger partial charge on any atom is -0.497 e. The van der Waals surface area contributed by atoms with Crippen LogP contribution in [0.3, 0.4) is 0 Å². The Bertz CT molecular complexity index is 1340. The van der Waals surface area contributed by atoms with E-state index in [0.717, 1.165) is 12.1 Å². The van der Waals surface area contributed by atoms with Crippen molar-refractivity contribution in [3.8, 4) is 5.75 Å². The largest absolute Gasteiger partial charge is 0.497 e. The SMILES string of the molecule is COc1ccc(S(=O)(=O)N2CCCc3cc(NC(=O)Nc4ccccc4C(F)(F)F)ccc32)cc1. The Labute approximate surface area is 200 Å². The fourth-order valence-corrected chi connectivity index (χ4v) is 5.43. The van der Waals surface area contributed by atoms with E-state index in [1.165, 1.54) is 41.7 Å². The monoisotopic (exact) mass is 505 g/mol. The van der Waals surface area contributed by atoms with E-state index in [2.05, 4.69) is 10.6 Å². The first-order valence-corrected chi connectivity index (χ1v) is 12.1. The highest BCUT2D eigenvalue weighted by Crippen LogP contribution is 2.36. The number of anilines is 3. The molecule has 184 valence electrons. The van der Waals surface area contributed by atoms with E-state index < -0.39 is 27.8 Å². The maximum Gasteiger partial charge on any atom is 0.418 e. The molecule has 1 heterocycles. The Morgan fingerprint density at radius 1 is 1.00 bits per heavy atom. The highest BCUT2D eigenvalue weighted by atomic mass is 32.2. The molecule has 0 spiro atoms. The lowest BCUT2D eigenvalue weighted by atomic mass is 10.0. The number of aryl methyl sites for hydroxylation is 1. The average Bonchev–Trinajstić information content (AvgIpc) is 2.83. The smallest absolute Gasteiger partial charge is 0.418 e. The van der Waals surface area contributed by atoms with Crippen molar-refractivity contribution in [2.75, 3.05) is 28.6 Å². The van der Waals surface area contributed by atoms with Crippen LogP contribution in [0.25, 0.3) is 0 Å². The number of hydrogen-bond acceptors (Lipinski definition) is 4. The first-order chi connectivity index (χ1) is 16.6. The van der Waals surface area contributed by atoms with Gasteiger partial charge in [0.1, 0.15) is 5.75 Å². The number of para-hydroxylation sites is 1. The summed E-state index contributed by atoms with van der Waals surface area (Å²) in [7, 11) is -2.33. The number of hydrogen-bond donors (Lipinski definition) is 2. The predicted octanol–water partition coefficient (Wildman–Crippen LogP) is 5.50. The molecule has 4 rings (SSSR count). The first kappa shape index (κ1) is 24.4. The highest BCUT2D eigenvalue weighted by molar-refractivity contribution is 7.92. The number of fused-ring (bicyclic) bond motifs is 1. The fourth-order valence-electron chi connectivity index (χ4n) is 3.89. The number of benzene rings is 3. The van der Waals surface area contributed by atoms with Gasteiger partial charge >= 0.3 is 12.2 Å². The molecule has 1 aliphatic heterocycles. The summed E-state index contributed by atoms with van der Waals surface area (Å²) in [6.45, 7) is 0.294. The molecule has 3 aromatic carbocycles. The Balaban J connectivity index is 1.54. The van der Waals surface area contributed by atoms with Gasteiger partial charge in [0, 0.05) is 12.2 Å². The van der Waals surface area contributed by atoms with Crippen molar-refractivity contribution in [3.05, 3.63) is 77.9 Å². The van der Waals surface area contributed by atoms with Gasteiger partial charge in [0.05, 0.1) is 28.9 Å². The van der Waals surface area contributed by atoms with Crippen LogP contribution in [-0.2, 0) is 22.6 Å². The van der Waals surface area contributed by atoms with Gasteiger partial charge in [-0.05, 0) is 73.0 Å². The van der Waals surface area contributed by atoms with Crippen LogP contribution < -0.4 is 19.7 Å². The van der Waals surface area contributed by atoms with E-state index in [0.29, 0.717) is 42.1 Å². The maximum atomic E-state index is 13.2. The zero-order valence-corrected chi connectivity index (χ0v) is 19.4. The van der Waals surface area contributed by atoms with Crippen LogP contribution in [-0.4, -0.2) is 28.1 Å². The lowest BCUT2D eigenvalue weighted by Gasteiger charge is -2.31. The molecule has 0 aromatic heterocycles. The van der Waals surface area contributed by atoms with Gasteiger partial charge in [-0.3, -0.25) is 4.31 Å². The third-order valence-corrected chi connectivity index (χ3v) is 7.37. The molecule has 0 fully saturated rings. The second kappa shape index (κ2) is 9.49. The van der Waals surface area contributed by atoms with E-state index >= 15 is 0 Å². The van der Waals surface area contributed by atoms with Crippen LogP contribution in [0.4, 0.5) is 35.0 Å². The van der Waals surface area contributed by atoms with Crippen LogP contribution in [0.5, 0.6) is 5.75 Å². The molecule has 0 aliphatic carbocycles. The summed E-state index contributed by atoms with van der Waals surface area (Å²) in [6, 6.07) is 14.6. The number of nitrogens with one attached hydrogen (secondary N) is 2. The number of alkyl halides is 3. The van der Waals surface area contributed by atoms with Crippen molar-refractivity contribution < 1.29 is 31.1 Å². The number of carbonyl (C=O) groups excluding carboxylic acids is 1. The summed E-state index contributed by atoms with van der Waals surface area (Å²) in [4.78, 5) is 12.5. The Morgan fingerprint density at radius 2 is 1.71 bits per heavy atom. The second-order valence-corrected chi connectivity index (χ2v) is 9.68. The molecular formula is C24H22F3N3O4S. The van der Waals surface area contributed by atoms with Crippen molar-refractivity contribution in [1.82, 2.24) is 0 Å². The minimum absolute atomic E-state index is 0.121. The Morgan fingerprint density at radius 3 is 2.40 bits per heavy atom. The topological polar surface area (TPSA) is 87.7 Å². The molecule has 1 aliphatic rings. The van der Waals surface area contributed by atoms with Crippen molar-refractivity contribution in [1.29, 1.82) is 0 Å². The van der Waals surface area contributed by atoms with E-state index in [1.54, 1.807) is 24.3 Å². The van der Waals surface area contributed by atoms with Crippen LogP contribution in [0, 0.1) is 0 Å². The second-order valence-electron chi connectivity index (χ2n) is 7.82. The molecule has 2 N–H and O–H groups in total. The summed E-state index contributed by atoms with van der Waals surface area (Å²) in [5, 5.41) is 4.74. The number of carbonyl (C=O) groups is 1. The molecule has 0 radical (unpaired) electrons. The van der Waals surface area contributed by atoms with E-state index in [1.807, 2.05) is 0 Å². The Kier molecular flexibility index (Phi) is 6.62. The quantitative estimate of drug-likeness (QED) is 0.479. The molecule has 3 aromatic rings. The lowest BCUT2D eigenvalue weighted by Crippen LogP contribution is -2.35. The number of urea groups is 1. The number of rotatable bonds is 5. The first-order valence-electron chi connectivity index (χ1n) is 10.6. The molecular weight excluding hydrogens is 483 g/mol. The molecule has 0 unspecified atom stereocenters. The molecule has 11 heteroatoms. The number of ether oxygens (including phenoxy) is 1. The summed E-state index contributed by atoms with van der Waals surface area (Å²) in [6.07, 6.45) is -3.47. The van der Waals surface area contributed by atoms with Gasteiger partial charge < -0.3 is 15.4 Å². The zero-order chi connectivity index (χ0) is 25.2.